The SMILES string of the molecule is COc1ccc(CCCCCCCCCCC(=O)c2c(O)cccc2OCc2ccccc2)cc1OC. The molecular formula is C32H40O5. The molecule has 0 amide bonds. The first kappa shape index (κ1) is 28.1. The number of unbranched alkanes of at least 4 members (excludes halogenated alkanes) is 7. The van der Waals surface area contributed by atoms with Crippen molar-refractivity contribution in [1.29, 1.82) is 0 Å². The van der Waals surface area contributed by atoms with Crippen LogP contribution < -0.4 is 14.2 Å². The van der Waals surface area contributed by atoms with Crippen LogP contribution in [0, 0.1) is 0 Å². The summed E-state index contributed by atoms with van der Waals surface area (Å²) in [5, 5.41) is 10.3. The number of rotatable bonds is 17. The number of benzene rings is 3. The maximum atomic E-state index is 12.8. The minimum atomic E-state index is -0.0590. The molecule has 5 heteroatoms. The van der Waals surface area contributed by atoms with Gasteiger partial charge >= 0.3 is 0 Å². The van der Waals surface area contributed by atoms with Crippen LogP contribution in [-0.2, 0) is 13.0 Å². The molecule has 0 atom stereocenters. The van der Waals surface area contributed by atoms with Gasteiger partial charge in [-0.1, -0.05) is 81.0 Å². The molecule has 1 N–H and O–H groups in total. The van der Waals surface area contributed by atoms with Gasteiger partial charge in [0.1, 0.15) is 23.7 Å². The quantitative estimate of drug-likeness (QED) is 0.149. The van der Waals surface area contributed by atoms with E-state index in [4.69, 9.17) is 14.2 Å². The van der Waals surface area contributed by atoms with Crippen LogP contribution in [0.2, 0.25) is 0 Å². The third kappa shape index (κ3) is 9.16. The summed E-state index contributed by atoms with van der Waals surface area (Å²) in [5.41, 5.74) is 2.60. The molecule has 37 heavy (non-hydrogen) atoms. The molecule has 0 fully saturated rings. The Bertz CT molecular complexity index is 1090. The van der Waals surface area contributed by atoms with Crippen LogP contribution >= 0.6 is 0 Å². The van der Waals surface area contributed by atoms with E-state index in [9.17, 15) is 9.90 Å². The first-order valence-electron chi connectivity index (χ1n) is 13.3. The summed E-state index contributed by atoms with van der Waals surface area (Å²) in [6.45, 7) is 0.360. The van der Waals surface area contributed by atoms with Crippen molar-refractivity contribution < 1.29 is 24.1 Å². The van der Waals surface area contributed by atoms with E-state index in [-0.39, 0.29) is 11.5 Å². The highest BCUT2D eigenvalue weighted by Gasteiger charge is 2.17. The Kier molecular flexibility index (Phi) is 11.9. The maximum absolute atomic E-state index is 12.8. The third-order valence-corrected chi connectivity index (χ3v) is 6.59. The molecule has 0 aromatic heterocycles. The van der Waals surface area contributed by atoms with Gasteiger partial charge in [0.25, 0.3) is 0 Å². The van der Waals surface area contributed by atoms with E-state index in [1.165, 1.54) is 37.7 Å². The number of aromatic hydroxyl groups is 1. The number of phenolic OH excluding ortho intramolecular Hbond substituents is 1. The predicted octanol–water partition coefficient (Wildman–Crippen LogP) is 7.92. The normalized spacial score (nSPS) is 10.8. The van der Waals surface area contributed by atoms with Crippen molar-refractivity contribution in [2.75, 3.05) is 14.2 Å². The first-order valence-corrected chi connectivity index (χ1v) is 13.3. The second-order valence-corrected chi connectivity index (χ2v) is 9.37. The number of aryl methyl sites for hydroxylation is 1. The van der Waals surface area contributed by atoms with Gasteiger partial charge in [-0.05, 0) is 54.7 Å². The summed E-state index contributed by atoms with van der Waals surface area (Å²) >= 11 is 0. The van der Waals surface area contributed by atoms with Crippen molar-refractivity contribution in [3.8, 4) is 23.0 Å². The number of carbonyl (C=O) groups is 1. The molecule has 0 heterocycles. The minimum Gasteiger partial charge on any atom is -0.507 e. The van der Waals surface area contributed by atoms with Gasteiger partial charge in [0.2, 0.25) is 0 Å². The summed E-state index contributed by atoms with van der Waals surface area (Å²) in [6.07, 6.45) is 10.5. The van der Waals surface area contributed by atoms with Crippen molar-refractivity contribution in [3.63, 3.8) is 0 Å². The summed E-state index contributed by atoms with van der Waals surface area (Å²) < 4.78 is 16.6. The molecule has 0 radical (unpaired) electrons. The summed E-state index contributed by atoms with van der Waals surface area (Å²) in [7, 11) is 3.32. The third-order valence-electron chi connectivity index (χ3n) is 6.59. The Balaban J connectivity index is 1.29. The lowest BCUT2D eigenvalue weighted by molar-refractivity contribution is 0.0971. The van der Waals surface area contributed by atoms with Gasteiger partial charge in [-0.25, -0.2) is 0 Å². The Hall–Kier alpha value is -3.47. The van der Waals surface area contributed by atoms with Crippen molar-refractivity contribution in [1.82, 2.24) is 0 Å². The minimum absolute atomic E-state index is 0.0105. The highest BCUT2D eigenvalue weighted by molar-refractivity contribution is 6.01. The van der Waals surface area contributed by atoms with Crippen LogP contribution in [0.1, 0.15) is 79.3 Å². The molecule has 0 spiro atoms. The van der Waals surface area contributed by atoms with Crippen LogP contribution in [0.15, 0.2) is 66.7 Å². The fourth-order valence-electron chi connectivity index (χ4n) is 4.49. The van der Waals surface area contributed by atoms with Gasteiger partial charge in [0.15, 0.2) is 17.3 Å². The largest absolute Gasteiger partial charge is 0.507 e. The van der Waals surface area contributed by atoms with E-state index in [0.717, 1.165) is 42.7 Å². The highest BCUT2D eigenvalue weighted by atomic mass is 16.5. The Morgan fingerprint density at radius 3 is 2.05 bits per heavy atom. The summed E-state index contributed by atoms with van der Waals surface area (Å²) in [6, 6.07) is 21.0. The molecule has 0 bridgehead atoms. The lowest BCUT2D eigenvalue weighted by Gasteiger charge is -2.12. The van der Waals surface area contributed by atoms with Gasteiger partial charge in [-0.3, -0.25) is 4.79 Å². The highest BCUT2D eigenvalue weighted by Crippen LogP contribution is 2.30. The molecule has 0 saturated heterocycles. The number of ketones is 1. The van der Waals surface area contributed by atoms with Gasteiger partial charge in [-0.15, -0.1) is 0 Å². The van der Waals surface area contributed by atoms with E-state index in [1.807, 2.05) is 36.4 Å². The molecule has 0 aliphatic rings. The fourth-order valence-corrected chi connectivity index (χ4v) is 4.49. The van der Waals surface area contributed by atoms with E-state index < -0.39 is 0 Å². The van der Waals surface area contributed by atoms with E-state index >= 15 is 0 Å². The van der Waals surface area contributed by atoms with Crippen LogP contribution in [0.5, 0.6) is 23.0 Å². The number of methoxy groups -OCH3 is 2. The number of Topliss-reactive ketones (excluding diaryl/α,β-unsaturated/α-hetero) is 1. The number of ether oxygens (including phenoxy) is 3. The van der Waals surface area contributed by atoms with Crippen LogP contribution in [0.25, 0.3) is 0 Å². The fraction of sp³-hybridized carbons (Fsp3) is 0.406. The van der Waals surface area contributed by atoms with E-state index in [2.05, 4.69) is 12.1 Å². The Labute approximate surface area is 221 Å². The average molecular weight is 505 g/mol. The molecule has 0 saturated carbocycles. The first-order chi connectivity index (χ1) is 18.1. The van der Waals surface area contributed by atoms with Crippen LogP contribution in [0.3, 0.4) is 0 Å². The monoisotopic (exact) mass is 504 g/mol. The zero-order valence-corrected chi connectivity index (χ0v) is 22.2. The Morgan fingerprint density at radius 1 is 0.676 bits per heavy atom. The van der Waals surface area contributed by atoms with Crippen LogP contribution in [0.4, 0.5) is 0 Å². The molecule has 3 rings (SSSR count). The lowest BCUT2D eigenvalue weighted by Crippen LogP contribution is -2.05. The van der Waals surface area contributed by atoms with Crippen molar-refractivity contribution in [2.45, 2.75) is 70.8 Å². The van der Waals surface area contributed by atoms with Crippen molar-refractivity contribution in [3.05, 3.63) is 83.4 Å². The standard InChI is InChI=1S/C32H40O5/c1-35-29-22-21-25(23-31(29)36-2)15-10-7-5-3-4-6-8-13-18-27(33)32-28(34)19-14-20-30(32)37-24-26-16-11-9-12-17-26/h9,11-12,14,16-17,19-23,34H,3-8,10,13,15,18,24H2,1-2H3. The molecule has 198 valence electrons. The number of carbonyl (C=O) groups excluding carboxylic acids is 1. The lowest BCUT2D eigenvalue weighted by atomic mass is 10.0. The van der Waals surface area contributed by atoms with Gasteiger partial charge < -0.3 is 19.3 Å². The van der Waals surface area contributed by atoms with E-state index in [0.29, 0.717) is 24.3 Å². The molecular weight excluding hydrogens is 464 g/mol. The van der Waals surface area contributed by atoms with Gasteiger partial charge in [0, 0.05) is 6.42 Å². The second-order valence-electron chi connectivity index (χ2n) is 9.37. The zero-order valence-electron chi connectivity index (χ0n) is 22.2. The maximum Gasteiger partial charge on any atom is 0.170 e. The smallest absolute Gasteiger partial charge is 0.170 e. The molecule has 0 aliphatic heterocycles. The molecule has 3 aromatic rings. The van der Waals surface area contributed by atoms with Crippen molar-refractivity contribution >= 4 is 5.78 Å². The number of hydrogen-bond donors (Lipinski definition) is 1. The molecule has 5 nitrogen and oxygen atoms in total. The van der Waals surface area contributed by atoms with Gasteiger partial charge in [-0.2, -0.15) is 0 Å². The van der Waals surface area contributed by atoms with Crippen LogP contribution in [-0.4, -0.2) is 25.1 Å². The molecule has 0 unspecified atom stereocenters. The zero-order chi connectivity index (χ0) is 26.3. The van der Waals surface area contributed by atoms with Gasteiger partial charge in [0.05, 0.1) is 14.2 Å². The van der Waals surface area contributed by atoms with Crippen molar-refractivity contribution in [2.24, 2.45) is 0 Å². The molecule has 0 aliphatic carbocycles. The predicted molar refractivity (Wildman–Crippen MR) is 148 cm³/mol. The van der Waals surface area contributed by atoms with E-state index in [1.54, 1.807) is 32.4 Å². The summed E-state index contributed by atoms with van der Waals surface area (Å²) in [5.74, 6) is 1.93. The number of phenols is 1. The second kappa shape index (κ2) is 15.6. The number of hydrogen-bond acceptors (Lipinski definition) is 5. The average Bonchev–Trinajstić information content (AvgIpc) is 2.93. The summed E-state index contributed by atoms with van der Waals surface area (Å²) in [4.78, 5) is 12.8. The topological polar surface area (TPSA) is 65.0 Å². The molecule has 3 aromatic carbocycles. The Morgan fingerprint density at radius 2 is 1.35 bits per heavy atom.